The number of hydrogen-bond acceptors (Lipinski definition) is 6. The molecule has 0 aliphatic heterocycles. The van der Waals surface area contributed by atoms with E-state index in [0.717, 1.165) is 84.2 Å². The maximum atomic E-state index is 5.51. The molecule has 266 valence electrons. The van der Waals surface area contributed by atoms with Gasteiger partial charge in [0.25, 0.3) is 0 Å². The Balaban J connectivity index is 1.22. The SMILES string of the molecule is Cc1ccc(-c2ccc(-c3nc(-c4ccccc4)c(-c4cccc(-c5nc(-c6ccccc6)nc(-c6ccccc6)n5)c4)nc3-c3ccccc3)cc2)c(C)n1. The van der Waals surface area contributed by atoms with Crippen molar-refractivity contribution < 1.29 is 0 Å². The molecule has 0 saturated carbocycles. The van der Waals surface area contributed by atoms with E-state index in [1.54, 1.807) is 0 Å². The fraction of sp³-hybridized carbons (Fsp3) is 0.0400. The van der Waals surface area contributed by atoms with Gasteiger partial charge in [-0.3, -0.25) is 4.98 Å². The summed E-state index contributed by atoms with van der Waals surface area (Å²) < 4.78 is 0. The quantitative estimate of drug-likeness (QED) is 0.155. The molecule has 9 rings (SSSR count). The van der Waals surface area contributed by atoms with E-state index in [-0.39, 0.29) is 0 Å². The van der Waals surface area contributed by atoms with Gasteiger partial charge in [0.1, 0.15) is 0 Å². The van der Waals surface area contributed by atoms with Crippen LogP contribution in [-0.2, 0) is 0 Å². The molecule has 0 bridgehead atoms. The summed E-state index contributed by atoms with van der Waals surface area (Å²) >= 11 is 0. The summed E-state index contributed by atoms with van der Waals surface area (Å²) in [7, 11) is 0. The van der Waals surface area contributed by atoms with Gasteiger partial charge in [0.15, 0.2) is 17.5 Å². The van der Waals surface area contributed by atoms with E-state index in [1.165, 1.54) is 0 Å². The molecule has 0 saturated heterocycles. The molecule has 6 heteroatoms. The Kier molecular flexibility index (Phi) is 9.27. The van der Waals surface area contributed by atoms with Gasteiger partial charge in [-0.25, -0.2) is 24.9 Å². The molecule has 3 heterocycles. The normalized spacial score (nSPS) is 11.0. The molecule has 0 unspecified atom stereocenters. The van der Waals surface area contributed by atoms with Gasteiger partial charge < -0.3 is 0 Å². The molecule has 0 N–H and O–H groups in total. The molecule has 0 amide bonds. The van der Waals surface area contributed by atoms with Gasteiger partial charge in [-0.2, -0.15) is 0 Å². The summed E-state index contributed by atoms with van der Waals surface area (Å²) in [5.74, 6) is 1.80. The minimum atomic E-state index is 0.577. The van der Waals surface area contributed by atoms with Gasteiger partial charge in [0.2, 0.25) is 0 Å². The summed E-state index contributed by atoms with van der Waals surface area (Å²) in [6.07, 6.45) is 0. The zero-order chi connectivity index (χ0) is 37.8. The summed E-state index contributed by atoms with van der Waals surface area (Å²) in [6, 6.07) is 61.6. The lowest BCUT2D eigenvalue weighted by atomic mass is 9.97. The fourth-order valence-corrected chi connectivity index (χ4v) is 6.98. The minimum absolute atomic E-state index is 0.577. The molecule has 0 fully saturated rings. The van der Waals surface area contributed by atoms with Crippen LogP contribution >= 0.6 is 0 Å². The van der Waals surface area contributed by atoms with Gasteiger partial charge in [-0.1, -0.05) is 170 Å². The van der Waals surface area contributed by atoms with Crippen LogP contribution in [0.25, 0.3) is 90.3 Å². The fourth-order valence-electron chi connectivity index (χ4n) is 6.98. The molecule has 3 aromatic heterocycles. The van der Waals surface area contributed by atoms with E-state index < -0.39 is 0 Å². The molecule has 6 nitrogen and oxygen atoms in total. The van der Waals surface area contributed by atoms with Crippen molar-refractivity contribution in [3.63, 3.8) is 0 Å². The van der Waals surface area contributed by atoms with Crippen molar-refractivity contribution in [1.82, 2.24) is 29.9 Å². The van der Waals surface area contributed by atoms with Crippen molar-refractivity contribution in [1.29, 1.82) is 0 Å². The van der Waals surface area contributed by atoms with E-state index >= 15 is 0 Å². The van der Waals surface area contributed by atoms with E-state index in [1.807, 2.05) is 116 Å². The Morgan fingerprint density at radius 3 is 1.12 bits per heavy atom. The van der Waals surface area contributed by atoms with Crippen LogP contribution in [0.3, 0.4) is 0 Å². The van der Waals surface area contributed by atoms with Gasteiger partial charge in [-0.15, -0.1) is 0 Å². The molecule has 0 spiro atoms. The number of benzene rings is 6. The third-order valence-electron chi connectivity index (χ3n) is 9.78. The summed E-state index contributed by atoms with van der Waals surface area (Å²) in [6.45, 7) is 4.07. The molecular formula is C50H36N6. The Labute approximate surface area is 326 Å². The maximum absolute atomic E-state index is 5.51. The molecule has 56 heavy (non-hydrogen) atoms. The summed E-state index contributed by atoms with van der Waals surface area (Å²) in [5.41, 5.74) is 13.9. The van der Waals surface area contributed by atoms with Crippen molar-refractivity contribution in [3.8, 4) is 90.3 Å². The predicted octanol–water partition coefficient (Wildman–Crippen LogP) is 12.0. The highest BCUT2D eigenvalue weighted by atomic mass is 15.0. The van der Waals surface area contributed by atoms with Crippen molar-refractivity contribution in [2.45, 2.75) is 13.8 Å². The van der Waals surface area contributed by atoms with Crippen LogP contribution in [-0.4, -0.2) is 29.9 Å². The van der Waals surface area contributed by atoms with Gasteiger partial charge in [0, 0.05) is 55.9 Å². The summed E-state index contributed by atoms with van der Waals surface area (Å²) in [4.78, 5) is 30.6. The number of hydrogen-bond donors (Lipinski definition) is 0. The molecule has 6 aromatic carbocycles. The second kappa shape index (κ2) is 15.1. The van der Waals surface area contributed by atoms with Crippen LogP contribution in [0.15, 0.2) is 182 Å². The average molecular weight is 721 g/mol. The largest absolute Gasteiger partial charge is 0.258 e. The number of aryl methyl sites for hydroxylation is 2. The molecule has 0 atom stereocenters. The number of pyridine rings is 1. The van der Waals surface area contributed by atoms with E-state index in [9.17, 15) is 0 Å². The monoisotopic (exact) mass is 720 g/mol. The second-order valence-electron chi connectivity index (χ2n) is 13.6. The Morgan fingerprint density at radius 1 is 0.268 bits per heavy atom. The van der Waals surface area contributed by atoms with Gasteiger partial charge in [-0.05, 0) is 31.5 Å². The Morgan fingerprint density at radius 2 is 0.643 bits per heavy atom. The van der Waals surface area contributed by atoms with Gasteiger partial charge in [0.05, 0.1) is 22.8 Å². The van der Waals surface area contributed by atoms with E-state index in [2.05, 4.69) is 79.7 Å². The van der Waals surface area contributed by atoms with Crippen molar-refractivity contribution >= 4 is 0 Å². The van der Waals surface area contributed by atoms with E-state index in [0.29, 0.717) is 17.5 Å². The highest BCUT2D eigenvalue weighted by Gasteiger charge is 2.21. The first-order valence-corrected chi connectivity index (χ1v) is 18.6. The zero-order valence-electron chi connectivity index (χ0n) is 31.0. The number of aromatic nitrogens is 6. The Hall–Kier alpha value is -7.44. The van der Waals surface area contributed by atoms with Crippen molar-refractivity contribution in [3.05, 3.63) is 193 Å². The lowest BCUT2D eigenvalue weighted by molar-refractivity contribution is 1.07. The smallest absolute Gasteiger partial charge is 0.164 e. The lowest BCUT2D eigenvalue weighted by Gasteiger charge is -2.17. The topological polar surface area (TPSA) is 77.3 Å². The average Bonchev–Trinajstić information content (AvgIpc) is 3.27. The number of nitrogens with zero attached hydrogens (tertiary/aromatic N) is 6. The van der Waals surface area contributed by atoms with Crippen LogP contribution in [0.1, 0.15) is 11.4 Å². The zero-order valence-corrected chi connectivity index (χ0v) is 31.0. The molecule has 9 aromatic rings. The third kappa shape index (κ3) is 6.99. The predicted molar refractivity (Wildman–Crippen MR) is 226 cm³/mol. The molecule has 0 aliphatic rings. The maximum Gasteiger partial charge on any atom is 0.164 e. The first-order valence-electron chi connectivity index (χ1n) is 18.6. The third-order valence-corrected chi connectivity index (χ3v) is 9.78. The van der Waals surface area contributed by atoms with Crippen LogP contribution in [0, 0.1) is 13.8 Å². The van der Waals surface area contributed by atoms with Gasteiger partial charge >= 0.3 is 0 Å². The summed E-state index contributed by atoms with van der Waals surface area (Å²) in [5, 5.41) is 0. The van der Waals surface area contributed by atoms with Crippen LogP contribution in [0.5, 0.6) is 0 Å². The highest BCUT2D eigenvalue weighted by Crippen LogP contribution is 2.39. The molecule has 0 aliphatic carbocycles. The van der Waals surface area contributed by atoms with Crippen LogP contribution < -0.4 is 0 Å². The first-order chi connectivity index (χ1) is 27.6. The molecular weight excluding hydrogens is 685 g/mol. The van der Waals surface area contributed by atoms with Crippen molar-refractivity contribution in [2.24, 2.45) is 0 Å². The lowest BCUT2D eigenvalue weighted by Crippen LogP contribution is -2.02. The number of rotatable bonds is 8. The van der Waals surface area contributed by atoms with Crippen molar-refractivity contribution in [2.75, 3.05) is 0 Å². The highest BCUT2D eigenvalue weighted by molar-refractivity contribution is 5.88. The Bertz CT molecular complexity index is 2730. The molecule has 0 radical (unpaired) electrons. The second-order valence-corrected chi connectivity index (χ2v) is 13.6. The van der Waals surface area contributed by atoms with Crippen LogP contribution in [0.2, 0.25) is 0 Å². The standard InChI is InChI=1S/C50H36N6/c1-33-26-31-43(34(2)51-33)35-27-29-38(30-28-35)46-44(36-16-7-3-8-17-36)53-47(45(52-46)37-18-9-4-10-19-37)41-24-15-25-42(32-41)50-55-48(39-20-11-5-12-21-39)54-49(56-50)40-22-13-6-14-23-40/h3-32H,1-2H3. The first kappa shape index (κ1) is 34.3. The van der Waals surface area contributed by atoms with E-state index in [4.69, 9.17) is 29.9 Å². The van der Waals surface area contributed by atoms with Crippen LogP contribution in [0.4, 0.5) is 0 Å². The minimum Gasteiger partial charge on any atom is -0.258 e.